The molecule has 1 amide bonds. The highest BCUT2D eigenvalue weighted by molar-refractivity contribution is 6.33. The summed E-state index contributed by atoms with van der Waals surface area (Å²) in [4.78, 5) is 14.9. The van der Waals surface area contributed by atoms with Crippen molar-refractivity contribution in [2.45, 2.75) is 25.3 Å². The molecule has 0 spiro atoms. The van der Waals surface area contributed by atoms with Crippen molar-refractivity contribution in [3.63, 3.8) is 0 Å². The Bertz CT molecular complexity index is 933. The van der Waals surface area contributed by atoms with Crippen LogP contribution >= 0.6 is 11.6 Å². The van der Waals surface area contributed by atoms with Crippen LogP contribution in [0.4, 0.5) is 0 Å². The number of aromatic nitrogens is 3. The van der Waals surface area contributed by atoms with Crippen molar-refractivity contribution >= 4 is 17.5 Å². The van der Waals surface area contributed by atoms with Crippen molar-refractivity contribution in [3.05, 3.63) is 59.1 Å². The van der Waals surface area contributed by atoms with Gasteiger partial charge in [-0.25, -0.2) is 0 Å². The third-order valence-electron chi connectivity index (χ3n) is 4.74. The molecule has 3 aromatic rings. The zero-order valence-electron chi connectivity index (χ0n) is 14.4. The Morgan fingerprint density at radius 2 is 2.15 bits per heavy atom. The predicted octanol–water partition coefficient (Wildman–Crippen LogP) is 4.10. The first kappa shape index (κ1) is 16.8. The van der Waals surface area contributed by atoms with E-state index in [2.05, 4.69) is 10.3 Å². The van der Waals surface area contributed by atoms with Crippen LogP contribution in [0.1, 0.15) is 41.4 Å². The van der Waals surface area contributed by atoms with Crippen LogP contribution in [0, 0.1) is 0 Å². The number of hydrogen-bond donors (Lipinski definition) is 0. The zero-order valence-corrected chi connectivity index (χ0v) is 15.2. The van der Waals surface area contributed by atoms with Gasteiger partial charge in [0.05, 0.1) is 17.3 Å². The molecular weight excluding hydrogens is 352 g/mol. The predicted molar refractivity (Wildman–Crippen MR) is 97.8 cm³/mol. The van der Waals surface area contributed by atoms with Gasteiger partial charge in [-0.05, 0) is 25.3 Å². The lowest BCUT2D eigenvalue weighted by molar-refractivity contribution is 0.0569. The normalized spacial score (nSPS) is 17.5. The van der Waals surface area contributed by atoms with E-state index in [1.165, 1.54) is 0 Å². The SMILES string of the molecule is Cn1cc(C2CCCCN2C(=O)c2cc(-c3ccccc3Cl)no2)cn1. The van der Waals surface area contributed by atoms with Crippen LogP contribution in [0.25, 0.3) is 11.3 Å². The quantitative estimate of drug-likeness (QED) is 0.696. The molecule has 1 atom stereocenters. The minimum absolute atomic E-state index is 0.0128. The van der Waals surface area contributed by atoms with E-state index in [4.69, 9.17) is 16.1 Å². The molecule has 0 N–H and O–H groups in total. The van der Waals surface area contributed by atoms with Crippen molar-refractivity contribution in [2.24, 2.45) is 7.05 Å². The van der Waals surface area contributed by atoms with Crippen LogP contribution in [-0.2, 0) is 7.05 Å². The first-order valence-corrected chi connectivity index (χ1v) is 9.02. The van der Waals surface area contributed by atoms with E-state index in [1.54, 1.807) is 16.8 Å². The molecule has 6 nitrogen and oxygen atoms in total. The molecule has 1 aliphatic heterocycles. The summed E-state index contributed by atoms with van der Waals surface area (Å²) in [6.07, 6.45) is 6.78. The first-order valence-electron chi connectivity index (χ1n) is 8.64. The summed E-state index contributed by atoms with van der Waals surface area (Å²) in [5.74, 6) is 0.0834. The number of amides is 1. The Morgan fingerprint density at radius 3 is 2.92 bits per heavy atom. The first-order chi connectivity index (χ1) is 12.6. The Labute approximate surface area is 156 Å². The largest absolute Gasteiger partial charge is 0.350 e. The van der Waals surface area contributed by atoms with Gasteiger partial charge in [0, 0.05) is 37.0 Å². The highest BCUT2D eigenvalue weighted by Crippen LogP contribution is 2.33. The fourth-order valence-corrected chi connectivity index (χ4v) is 3.68. The fraction of sp³-hybridized carbons (Fsp3) is 0.316. The number of aryl methyl sites for hydroxylation is 1. The Kier molecular flexibility index (Phi) is 4.51. The minimum atomic E-state index is -0.149. The van der Waals surface area contributed by atoms with E-state index in [0.29, 0.717) is 17.3 Å². The van der Waals surface area contributed by atoms with Crippen molar-refractivity contribution in [1.29, 1.82) is 0 Å². The molecule has 134 valence electrons. The second kappa shape index (κ2) is 6.96. The van der Waals surface area contributed by atoms with Gasteiger partial charge in [0.15, 0.2) is 0 Å². The van der Waals surface area contributed by atoms with Crippen molar-refractivity contribution < 1.29 is 9.32 Å². The molecular formula is C19H19ClN4O2. The Morgan fingerprint density at radius 1 is 1.31 bits per heavy atom. The molecule has 0 bridgehead atoms. The van der Waals surface area contributed by atoms with E-state index >= 15 is 0 Å². The average Bonchev–Trinajstić information content (AvgIpc) is 3.31. The standard InChI is InChI=1S/C19H19ClN4O2/c1-23-12-13(11-21-23)17-8-4-5-9-24(17)19(25)18-10-16(22-26-18)14-6-2-3-7-15(14)20/h2-3,6-7,10-12,17H,4-5,8-9H2,1H3. The van der Waals surface area contributed by atoms with Gasteiger partial charge < -0.3 is 9.42 Å². The smallest absolute Gasteiger partial charge is 0.292 e. The number of hydrogen-bond acceptors (Lipinski definition) is 4. The Balaban J connectivity index is 1.61. The molecule has 2 aromatic heterocycles. The lowest BCUT2D eigenvalue weighted by Gasteiger charge is -2.34. The number of nitrogens with zero attached hydrogens (tertiary/aromatic N) is 4. The molecule has 0 aliphatic carbocycles. The summed E-state index contributed by atoms with van der Waals surface area (Å²) in [5.41, 5.74) is 2.36. The number of halogens is 1. The fourth-order valence-electron chi connectivity index (χ4n) is 3.45. The number of likely N-dealkylation sites (tertiary alicyclic amines) is 1. The van der Waals surface area contributed by atoms with Crippen LogP contribution in [-0.4, -0.2) is 32.3 Å². The van der Waals surface area contributed by atoms with E-state index in [9.17, 15) is 4.79 Å². The molecule has 1 aliphatic rings. The maximum absolute atomic E-state index is 13.1. The van der Waals surface area contributed by atoms with Crippen LogP contribution in [0.2, 0.25) is 5.02 Å². The lowest BCUT2D eigenvalue weighted by atomic mass is 9.97. The third-order valence-corrected chi connectivity index (χ3v) is 5.07. The van der Waals surface area contributed by atoms with Crippen molar-refractivity contribution in [3.8, 4) is 11.3 Å². The van der Waals surface area contributed by atoms with E-state index in [1.807, 2.05) is 42.5 Å². The summed E-state index contributed by atoms with van der Waals surface area (Å²) in [7, 11) is 1.88. The molecule has 1 aromatic carbocycles. The van der Waals surface area contributed by atoms with Crippen molar-refractivity contribution in [2.75, 3.05) is 6.54 Å². The topological polar surface area (TPSA) is 64.2 Å². The Hall–Kier alpha value is -2.60. The maximum Gasteiger partial charge on any atom is 0.292 e. The van der Waals surface area contributed by atoms with E-state index < -0.39 is 0 Å². The summed E-state index contributed by atoms with van der Waals surface area (Å²) >= 11 is 6.22. The van der Waals surface area contributed by atoms with Gasteiger partial charge in [0.1, 0.15) is 5.69 Å². The second-order valence-corrected chi connectivity index (χ2v) is 6.92. The third kappa shape index (κ3) is 3.12. The van der Waals surface area contributed by atoms with E-state index in [-0.39, 0.29) is 17.7 Å². The van der Waals surface area contributed by atoms with Gasteiger partial charge >= 0.3 is 0 Å². The van der Waals surface area contributed by atoms with Gasteiger partial charge in [-0.15, -0.1) is 0 Å². The number of carbonyl (C=O) groups is 1. The van der Waals surface area contributed by atoms with Gasteiger partial charge in [0.2, 0.25) is 5.76 Å². The number of carbonyl (C=O) groups excluding carboxylic acids is 1. The van der Waals surface area contributed by atoms with Crippen LogP contribution < -0.4 is 0 Å². The highest BCUT2D eigenvalue weighted by Gasteiger charge is 2.31. The molecule has 4 rings (SSSR count). The molecule has 26 heavy (non-hydrogen) atoms. The molecule has 1 saturated heterocycles. The van der Waals surface area contributed by atoms with Crippen molar-refractivity contribution in [1.82, 2.24) is 19.8 Å². The van der Waals surface area contributed by atoms with Gasteiger partial charge in [-0.2, -0.15) is 5.10 Å². The lowest BCUT2D eigenvalue weighted by Crippen LogP contribution is -2.38. The summed E-state index contributed by atoms with van der Waals surface area (Å²) in [6.45, 7) is 0.695. The molecule has 1 unspecified atom stereocenters. The molecule has 0 saturated carbocycles. The summed E-state index contributed by atoms with van der Waals surface area (Å²) in [5, 5.41) is 8.86. The zero-order chi connectivity index (χ0) is 18.1. The minimum Gasteiger partial charge on any atom is -0.350 e. The molecule has 3 heterocycles. The van der Waals surface area contributed by atoms with Gasteiger partial charge in [-0.1, -0.05) is 35.0 Å². The number of benzene rings is 1. The van der Waals surface area contributed by atoms with Crippen LogP contribution in [0.5, 0.6) is 0 Å². The highest BCUT2D eigenvalue weighted by atomic mass is 35.5. The molecule has 0 radical (unpaired) electrons. The van der Waals surface area contributed by atoms with E-state index in [0.717, 1.165) is 30.4 Å². The number of piperidine rings is 1. The molecule has 7 heteroatoms. The maximum atomic E-state index is 13.1. The van der Waals surface area contributed by atoms with Gasteiger partial charge in [0.25, 0.3) is 5.91 Å². The number of rotatable bonds is 3. The summed E-state index contributed by atoms with van der Waals surface area (Å²) in [6, 6.07) is 9.05. The second-order valence-electron chi connectivity index (χ2n) is 6.51. The molecule has 1 fully saturated rings. The van der Waals surface area contributed by atoms with Gasteiger partial charge in [-0.3, -0.25) is 9.48 Å². The van der Waals surface area contributed by atoms with Crippen LogP contribution in [0.3, 0.4) is 0 Å². The van der Waals surface area contributed by atoms with Crippen LogP contribution in [0.15, 0.2) is 47.2 Å². The summed E-state index contributed by atoms with van der Waals surface area (Å²) < 4.78 is 7.12. The monoisotopic (exact) mass is 370 g/mol. The average molecular weight is 371 g/mol.